The first-order valence-corrected chi connectivity index (χ1v) is 15.1. The summed E-state index contributed by atoms with van der Waals surface area (Å²) in [6.45, 7) is 6.63. The quantitative estimate of drug-likeness (QED) is 0.167. The van der Waals surface area contributed by atoms with Crippen LogP contribution in [0.2, 0.25) is 0 Å². The topological polar surface area (TPSA) is 188 Å². The Hall–Kier alpha value is -3.12. The molecule has 0 bridgehead atoms. The lowest BCUT2D eigenvalue weighted by Crippen LogP contribution is -2.54. The van der Waals surface area contributed by atoms with Gasteiger partial charge in [0.15, 0.2) is 0 Å². The molecule has 0 saturated heterocycles. The first-order valence-electron chi connectivity index (χ1n) is 15.1. The first kappa shape index (κ1) is 30.3. The molecule has 12 nitrogen and oxygen atoms in total. The Labute approximate surface area is 244 Å². The van der Waals surface area contributed by atoms with Gasteiger partial charge >= 0.3 is 11.7 Å². The number of anilines is 1. The molecule has 0 aromatic heterocycles. The van der Waals surface area contributed by atoms with E-state index in [9.17, 15) is 40.3 Å². The van der Waals surface area contributed by atoms with Crippen LogP contribution in [-0.4, -0.2) is 49.1 Å². The average Bonchev–Trinajstić information content (AvgIpc) is 3.37. The Balaban J connectivity index is 1.48. The number of fused-ring (bicyclic) bond motifs is 5. The molecule has 4 aliphatic carbocycles. The molecule has 4 saturated carbocycles. The highest BCUT2D eigenvalue weighted by molar-refractivity contribution is 5.70. The van der Waals surface area contributed by atoms with Crippen molar-refractivity contribution in [3.8, 4) is 0 Å². The van der Waals surface area contributed by atoms with Crippen molar-refractivity contribution in [1.29, 1.82) is 0 Å². The molecule has 0 radical (unpaired) electrons. The maximum atomic E-state index is 12.5. The molecular formula is C30H42N4O8. The number of hydrazone groups is 1. The van der Waals surface area contributed by atoms with Gasteiger partial charge in [0.05, 0.1) is 27.6 Å². The van der Waals surface area contributed by atoms with Crippen LogP contribution in [-0.2, 0) is 4.79 Å². The van der Waals surface area contributed by atoms with E-state index < -0.39 is 50.2 Å². The molecule has 4 fully saturated rings. The van der Waals surface area contributed by atoms with Crippen LogP contribution in [0.5, 0.6) is 0 Å². The van der Waals surface area contributed by atoms with Crippen molar-refractivity contribution in [2.75, 3.05) is 5.43 Å². The summed E-state index contributed by atoms with van der Waals surface area (Å²) in [5, 5.41) is 59.6. The summed E-state index contributed by atoms with van der Waals surface area (Å²) in [6.07, 6.45) is 7.26. The Morgan fingerprint density at radius 3 is 2.55 bits per heavy atom. The van der Waals surface area contributed by atoms with Gasteiger partial charge in [-0.25, -0.2) is 0 Å². The minimum Gasteiger partial charge on any atom is -0.481 e. The fourth-order valence-corrected chi connectivity index (χ4v) is 9.97. The van der Waals surface area contributed by atoms with Crippen molar-refractivity contribution < 1.29 is 30.0 Å². The Bertz CT molecular complexity index is 1290. The molecule has 3 unspecified atom stereocenters. The van der Waals surface area contributed by atoms with Crippen LogP contribution in [0, 0.1) is 66.6 Å². The number of carbonyl (C=O) groups is 1. The van der Waals surface area contributed by atoms with Gasteiger partial charge in [-0.1, -0.05) is 20.8 Å². The number of benzene rings is 1. The third kappa shape index (κ3) is 4.76. The third-order valence-corrected chi connectivity index (χ3v) is 12.0. The van der Waals surface area contributed by atoms with Gasteiger partial charge in [0.1, 0.15) is 5.69 Å². The largest absolute Gasteiger partial charge is 0.481 e. The molecule has 4 N–H and O–H groups in total. The van der Waals surface area contributed by atoms with E-state index in [4.69, 9.17) is 0 Å². The molecule has 230 valence electrons. The van der Waals surface area contributed by atoms with Crippen molar-refractivity contribution in [1.82, 2.24) is 0 Å². The van der Waals surface area contributed by atoms with Gasteiger partial charge in [0.25, 0.3) is 5.69 Å². The van der Waals surface area contributed by atoms with Gasteiger partial charge in [-0.3, -0.25) is 30.4 Å². The van der Waals surface area contributed by atoms with Gasteiger partial charge in [0.2, 0.25) is 0 Å². The summed E-state index contributed by atoms with van der Waals surface area (Å²) in [5.41, 5.74) is 0.196. The zero-order valence-corrected chi connectivity index (χ0v) is 24.4. The van der Waals surface area contributed by atoms with Crippen LogP contribution in [0.25, 0.3) is 0 Å². The number of hydrogen-bond donors (Lipinski definition) is 4. The summed E-state index contributed by atoms with van der Waals surface area (Å²) in [5.74, 6) is 0.0116. The van der Waals surface area contributed by atoms with Crippen molar-refractivity contribution in [3.63, 3.8) is 0 Å². The van der Waals surface area contributed by atoms with Crippen molar-refractivity contribution >= 4 is 29.2 Å². The van der Waals surface area contributed by atoms with E-state index in [-0.39, 0.29) is 47.6 Å². The van der Waals surface area contributed by atoms with Gasteiger partial charge < -0.3 is 15.3 Å². The summed E-state index contributed by atoms with van der Waals surface area (Å²) >= 11 is 0. The van der Waals surface area contributed by atoms with Crippen LogP contribution < -0.4 is 5.43 Å². The number of aliphatic carboxylic acids is 1. The smallest absolute Gasteiger partial charge is 0.303 e. The molecule has 4 aliphatic rings. The molecule has 1 aromatic rings. The number of hydrogen-bond acceptors (Lipinski definition) is 9. The van der Waals surface area contributed by atoms with Gasteiger partial charge in [-0.05, 0) is 86.0 Å². The fourth-order valence-electron chi connectivity index (χ4n) is 9.97. The molecule has 0 heterocycles. The first-order chi connectivity index (χ1) is 19.7. The van der Waals surface area contributed by atoms with E-state index in [1.807, 2.05) is 0 Å². The number of nitrogens with zero attached hydrogens (tertiary/aromatic N) is 3. The minimum atomic E-state index is -1.22. The SMILES string of the molecule is C[C@H](CCC(=O)O)[C@H]1CCC2C3C(CC[C@@]21C)[C@@]1(C)CC[C@H](O)C[C@@]1(O)[C@@H]3/C=N/Nc1ccc([N+](=O)[O-])cc1[N+](=O)[O-]. The maximum absolute atomic E-state index is 12.5. The molecule has 10 atom stereocenters. The van der Waals surface area contributed by atoms with Crippen LogP contribution in [0.4, 0.5) is 17.1 Å². The highest BCUT2D eigenvalue weighted by Gasteiger charge is 2.71. The van der Waals surface area contributed by atoms with Crippen LogP contribution in [0.15, 0.2) is 23.3 Å². The number of nitro benzene ring substituents is 2. The minimum absolute atomic E-state index is 0.0106. The molecule has 12 heteroatoms. The number of nitro groups is 2. The van der Waals surface area contributed by atoms with E-state index >= 15 is 0 Å². The second-order valence-electron chi connectivity index (χ2n) is 13.8. The lowest BCUT2D eigenvalue weighted by Gasteiger charge is -2.52. The highest BCUT2D eigenvalue weighted by atomic mass is 16.6. The number of carboxylic acid groups (broad SMARTS) is 1. The summed E-state index contributed by atoms with van der Waals surface area (Å²) < 4.78 is 0. The fraction of sp³-hybridized carbons (Fsp3) is 0.733. The van der Waals surface area contributed by atoms with Gasteiger partial charge in [-0.2, -0.15) is 5.10 Å². The lowest BCUT2D eigenvalue weighted by atomic mass is 9.53. The van der Waals surface area contributed by atoms with Crippen LogP contribution >= 0.6 is 0 Å². The Morgan fingerprint density at radius 2 is 1.88 bits per heavy atom. The van der Waals surface area contributed by atoms with Crippen LogP contribution in [0.1, 0.15) is 78.6 Å². The lowest BCUT2D eigenvalue weighted by molar-refractivity contribution is -0.393. The zero-order chi connectivity index (χ0) is 30.6. The van der Waals surface area contributed by atoms with Gasteiger partial charge in [-0.15, -0.1) is 0 Å². The average molecular weight is 587 g/mol. The van der Waals surface area contributed by atoms with E-state index in [2.05, 4.69) is 31.3 Å². The number of non-ortho nitro benzene ring substituents is 1. The molecular weight excluding hydrogens is 544 g/mol. The normalized spacial score (nSPS) is 39.7. The van der Waals surface area contributed by atoms with E-state index in [0.29, 0.717) is 25.2 Å². The van der Waals surface area contributed by atoms with Crippen LogP contribution in [0.3, 0.4) is 0 Å². The highest BCUT2D eigenvalue weighted by Crippen LogP contribution is 2.72. The summed E-state index contributed by atoms with van der Waals surface area (Å²) in [4.78, 5) is 32.7. The molecule has 5 rings (SSSR count). The summed E-state index contributed by atoms with van der Waals surface area (Å²) in [7, 11) is 0. The number of rotatable bonds is 9. The van der Waals surface area contributed by atoms with Crippen molar-refractivity contribution in [3.05, 3.63) is 38.4 Å². The zero-order valence-electron chi connectivity index (χ0n) is 24.4. The molecule has 0 aliphatic heterocycles. The van der Waals surface area contributed by atoms with Crippen molar-refractivity contribution in [2.45, 2.75) is 90.3 Å². The Kier molecular flexibility index (Phi) is 7.84. The predicted octanol–water partition coefficient (Wildman–Crippen LogP) is 5.37. The summed E-state index contributed by atoms with van der Waals surface area (Å²) in [6, 6.07) is 3.32. The van der Waals surface area contributed by atoms with E-state index in [0.717, 1.165) is 31.7 Å². The number of aliphatic hydroxyl groups is 2. The molecule has 42 heavy (non-hydrogen) atoms. The molecule has 0 spiro atoms. The second kappa shape index (κ2) is 10.9. The van der Waals surface area contributed by atoms with Gasteiger partial charge in [0, 0.05) is 36.5 Å². The molecule has 1 aromatic carbocycles. The van der Waals surface area contributed by atoms with Crippen molar-refractivity contribution in [2.24, 2.45) is 51.4 Å². The number of carboxylic acids is 1. The standard InChI is InChI=1S/C30H42N4O8/c1-17(4-9-26(36)37)20-6-7-21-27-22(11-12-28(20,21)2)29(3)13-10-19(35)15-30(29,38)23(27)16-31-32-24-8-5-18(33(39)40)14-25(24)34(41)42/h5,8,14,16-17,19-23,27,32,35,38H,4,6-7,9-13,15H2,1-3H3,(H,36,37)/b31-16+/t17-,19+,20-,21?,22?,23-,27?,28-,29-,30-/m1/s1. The van der Waals surface area contributed by atoms with E-state index in [1.165, 1.54) is 12.1 Å². The predicted molar refractivity (Wildman–Crippen MR) is 155 cm³/mol. The number of aliphatic hydroxyl groups excluding tert-OH is 1. The monoisotopic (exact) mass is 586 g/mol. The maximum Gasteiger partial charge on any atom is 0.303 e. The molecule has 0 amide bonds. The third-order valence-electron chi connectivity index (χ3n) is 12.0. The number of nitrogens with one attached hydrogen (secondary N) is 1. The second-order valence-corrected chi connectivity index (χ2v) is 13.8. The van der Waals surface area contributed by atoms with E-state index in [1.54, 1.807) is 6.21 Å². The Morgan fingerprint density at radius 1 is 1.14 bits per heavy atom.